The molecule has 1 heterocycles. The van der Waals surface area contributed by atoms with E-state index >= 15 is 0 Å². The van der Waals surface area contributed by atoms with Crippen molar-refractivity contribution in [1.82, 2.24) is 0 Å². The third kappa shape index (κ3) is 3.27. The largest absolute Gasteiger partial charge is 0.352 e. The Morgan fingerprint density at radius 3 is 2.33 bits per heavy atom. The Balaban J connectivity index is 1.86. The Labute approximate surface area is 112 Å². The van der Waals surface area contributed by atoms with Gasteiger partial charge in [-0.3, -0.25) is 0 Å². The molecular weight excluding hydrogens is 224 g/mol. The molecule has 0 aromatic rings. The first kappa shape index (κ1) is 14.3. The quantitative estimate of drug-likeness (QED) is 0.750. The lowest BCUT2D eigenvalue weighted by molar-refractivity contribution is -0.258. The van der Waals surface area contributed by atoms with Crippen molar-refractivity contribution in [2.75, 3.05) is 13.2 Å². The summed E-state index contributed by atoms with van der Waals surface area (Å²) in [7, 11) is 0. The Kier molecular flexibility index (Phi) is 4.71. The zero-order chi connectivity index (χ0) is 13.2. The first-order chi connectivity index (χ1) is 8.54. The Morgan fingerprint density at radius 1 is 1.11 bits per heavy atom. The summed E-state index contributed by atoms with van der Waals surface area (Å²) >= 11 is 0. The van der Waals surface area contributed by atoms with Crippen molar-refractivity contribution in [3.8, 4) is 0 Å². The Bertz CT molecular complexity index is 256. The molecule has 106 valence electrons. The minimum absolute atomic E-state index is 0.0671. The molecule has 1 saturated heterocycles. The van der Waals surface area contributed by atoms with Gasteiger partial charge >= 0.3 is 0 Å². The molecule has 0 bridgehead atoms. The van der Waals surface area contributed by atoms with Gasteiger partial charge in [-0.25, -0.2) is 0 Å². The van der Waals surface area contributed by atoms with Crippen LogP contribution in [0.25, 0.3) is 0 Å². The van der Waals surface area contributed by atoms with Crippen molar-refractivity contribution >= 4 is 0 Å². The third-order valence-corrected chi connectivity index (χ3v) is 4.89. The summed E-state index contributed by atoms with van der Waals surface area (Å²) in [5, 5.41) is 0. The van der Waals surface area contributed by atoms with E-state index in [1.807, 2.05) is 0 Å². The zero-order valence-electron chi connectivity index (χ0n) is 12.6. The lowest BCUT2D eigenvalue weighted by Crippen LogP contribution is -2.45. The van der Waals surface area contributed by atoms with E-state index in [-0.39, 0.29) is 11.7 Å². The van der Waals surface area contributed by atoms with Gasteiger partial charge in [0.1, 0.15) is 0 Å². The molecule has 0 aromatic carbocycles. The van der Waals surface area contributed by atoms with Gasteiger partial charge in [0.05, 0.1) is 13.2 Å². The van der Waals surface area contributed by atoms with Crippen LogP contribution in [0.4, 0.5) is 0 Å². The lowest BCUT2D eigenvalue weighted by Gasteiger charge is -2.43. The van der Waals surface area contributed by atoms with Crippen LogP contribution in [-0.2, 0) is 9.47 Å². The predicted octanol–water partition coefficient (Wildman–Crippen LogP) is 4.24. The molecular formula is C16H30O2. The minimum atomic E-state index is 0.0671. The van der Waals surface area contributed by atoms with Crippen LogP contribution in [0.3, 0.4) is 0 Å². The van der Waals surface area contributed by atoms with E-state index in [2.05, 4.69) is 27.7 Å². The molecule has 2 rings (SSSR count). The maximum Gasteiger partial charge on any atom is 0.160 e. The van der Waals surface area contributed by atoms with E-state index in [9.17, 15) is 0 Å². The smallest absolute Gasteiger partial charge is 0.160 e. The van der Waals surface area contributed by atoms with Gasteiger partial charge < -0.3 is 9.47 Å². The van der Waals surface area contributed by atoms with Gasteiger partial charge in [-0.2, -0.15) is 0 Å². The highest BCUT2D eigenvalue weighted by Crippen LogP contribution is 2.40. The van der Waals surface area contributed by atoms with Crippen LogP contribution in [0.2, 0.25) is 0 Å². The second-order valence-electron chi connectivity index (χ2n) is 7.11. The van der Waals surface area contributed by atoms with Crippen LogP contribution in [0.15, 0.2) is 0 Å². The average Bonchev–Trinajstić information content (AvgIpc) is 2.31. The molecule has 3 unspecified atom stereocenters. The summed E-state index contributed by atoms with van der Waals surface area (Å²) in [6.45, 7) is 11.0. The standard InChI is InChI=1S/C16H30O2/c1-5-8-16(4)10-17-15(18-11-16)14-7-6-12(2)9-13(14)3/h12-15H,5-11H2,1-4H3. The zero-order valence-corrected chi connectivity index (χ0v) is 12.6. The van der Waals surface area contributed by atoms with Crippen molar-refractivity contribution in [2.45, 2.75) is 66.1 Å². The molecule has 3 atom stereocenters. The van der Waals surface area contributed by atoms with Crippen molar-refractivity contribution in [1.29, 1.82) is 0 Å². The van der Waals surface area contributed by atoms with E-state index in [0.717, 1.165) is 25.0 Å². The summed E-state index contributed by atoms with van der Waals surface area (Å²) in [6, 6.07) is 0. The molecule has 2 aliphatic rings. The highest BCUT2D eigenvalue weighted by molar-refractivity contribution is 4.83. The molecule has 1 aliphatic carbocycles. The van der Waals surface area contributed by atoms with E-state index in [1.54, 1.807) is 0 Å². The molecule has 0 amide bonds. The molecule has 0 aromatic heterocycles. The highest BCUT2D eigenvalue weighted by Gasteiger charge is 2.39. The summed E-state index contributed by atoms with van der Waals surface area (Å²) in [5.74, 6) is 2.24. The summed E-state index contributed by atoms with van der Waals surface area (Å²) in [6.07, 6.45) is 6.43. The van der Waals surface area contributed by atoms with Gasteiger partial charge in [-0.1, -0.05) is 40.5 Å². The lowest BCUT2D eigenvalue weighted by atomic mass is 9.75. The molecule has 1 aliphatic heterocycles. The molecule has 2 heteroatoms. The highest BCUT2D eigenvalue weighted by atomic mass is 16.7. The first-order valence-corrected chi connectivity index (χ1v) is 7.77. The molecule has 0 radical (unpaired) electrons. The van der Waals surface area contributed by atoms with Crippen molar-refractivity contribution in [2.24, 2.45) is 23.2 Å². The summed E-state index contributed by atoms with van der Waals surface area (Å²) in [5.41, 5.74) is 0.246. The van der Waals surface area contributed by atoms with Gasteiger partial charge in [0.25, 0.3) is 0 Å². The van der Waals surface area contributed by atoms with E-state index in [4.69, 9.17) is 9.47 Å². The van der Waals surface area contributed by atoms with Crippen molar-refractivity contribution in [3.63, 3.8) is 0 Å². The number of ether oxygens (including phenoxy) is 2. The monoisotopic (exact) mass is 254 g/mol. The van der Waals surface area contributed by atoms with Crippen LogP contribution >= 0.6 is 0 Å². The molecule has 0 spiro atoms. The van der Waals surface area contributed by atoms with E-state index in [1.165, 1.54) is 32.1 Å². The van der Waals surface area contributed by atoms with Crippen molar-refractivity contribution < 1.29 is 9.47 Å². The van der Waals surface area contributed by atoms with Crippen LogP contribution in [0.5, 0.6) is 0 Å². The van der Waals surface area contributed by atoms with Crippen LogP contribution in [0.1, 0.15) is 59.8 Å². The summed E-state index contributed by atoms with van der Waals surface area (Å²) in [4.78, 5) is 0. The minimum Gasteiger partial charge on any atom is -0.352 e. The fourth-order valence-corrected chi connectivity index (χ4v) is 3.74. The molecule has 18 heavy (non-hydrogen) atoms. The second-order valence-corrected chi connectivity index (χ2v) is 7.11. The van der Waals surface area contributed by atoms with Crippen molar-refractivity contribution in [3.05, 3.63) is 0 Å². The average molecular weight is 254 g/mol. The predicted molar refractivity (Wildman–Crippen MR) is 74.4 cm³/mol. The first-order valence-electron chi connectivity index (χ1n) is 7.77. The van der Waals surface area contributed by atoms with Gasteiger partial charge in [-0.15, -0.1) is 0 Å². The van der Waals surface area contributed by atoms with E-state index in [0.29, 0.717) is 5.92 Å². The Hall–Kier alpha value is -0.0800. The fourth-order valence-electron chi connectivity index (χ4n) is 3.74. The fraction of sp³-hybridized carbons (Fsp3) is 1.00. The maximum atomic E-state index is 6.07. The van der Waals surface area contributed by atoms with Gasteiger partial charge in [0, 0.05) is 11.3 Å². The summed E-state index contributed by atoms with van der Waals surface area (Å²) < 4.78 is 12.1. The topological polar surface area (TPSA) is 18.5 Å². The Morgan fingerprint density at radius 2 is 1.78 bits per heavy atom. The molecule has 1 saturated carbocycles. The van der Waals surface area contributed by atoms with Crippen LogP contribution < -0.4 is 0 Å². The maximum absolute atomic E-state index is 6.07. The van der Waals surface area contributed by atoms with Crippen LogP contribution in [0, 0.1) is 23.2 Å². The number of rotatable bonds is 3. The molecule has 2 nitrogen and oxygen atoms in total. The SMILES string of the molecule is CCCC1(C)COC(C2CCC(C)CC2C)OC1. The third-order valence-electron chi connectivity index (χ3n) is 4.89. The van der Waals surface area contributed by atoms with Gasteiger partial charge in [0.15, 0.2) is 6.29 Å². The van der Waals surface area contributed by atoms with E-state index < -0.39 is 0 Å². The van der Waals surface area contributed by atoms with Crippen LogP contribution in [-0.4, -0.2) is 19.5 Å². The number of hydrogen-bond donors (Lipinski definition) is 0. The van der Waals surface area contributed by atoms with Gasteiger partial charge in [0.2, 0.25) is 0 Å². The second kappa shape index (κ2) is 5.92. The molecule has 2 fully saturated rings. The van der Waals surface area contributed by atoms with Gasteiger partial charge in [-0.05, 0) is 31.1 Å². The normalized spacial score (nSPS) is 46.0. The number of hydrogen-bond acceptors (Lipinski definition) is 2. The molecule has 0 N–H and O–H groups in total.